The number of para-hydroxylation sites is 1. The maximum Gasteiger partial charge on any atom is 0.323 e. The zero-order valence-electron chi connectivity index (χ0n) is 20.5. The first-order valence-electron chi connectivity index (χ1n) is 11.7. The predicted octanol–water partition coefficient (Wildman–Crippen LogP) is 3.88. The number of H-pyrrole nitrogens is 2. The lowest BCUT2D eigenvalue weighted by Crippen LogP contribution is -2.47. The summed E-state index contributed by atoms with van der Waals surface area (Å²) >= 11 is 0. The number of anilines is 1. The van der Waals surface area contributed by atoms with E-state index in [1.165, 1.54) is 0 Å². The van der Waals surface area contributed by atoms with Gasteiger partial charge >= 0.3 is 5.69 Å². The first-order chi connectivity index (χ1) is 16.7. The summed E-state index contributed by atoms with van der Waals surface area (Å²) in [6.45, 7) is 13.3. The van der Waals surface area contributed by atoms with E-state index in [1.54, 1.807) is 13.4 Å². The molecule has 182 valence electrons. The fourth-order valence-electron chi connectivity index (χ4n) is 4.58. The van der Waals surface area contributed by atoms with Gasteiger partial charge in [0.1, 0.15) is 23.5 Å². The quantitative estimate of drug-likeness (QED) is 0.424. The molecule has 9 nitrogen and oxygen atoms in total. The van der Waals surface area contributed by atoms with E-state index in [9.17, 15) is 4.79 Å². The molecule has 0 bridgehead atoms. The third kappa shape index (κ3) is 4.41. The van der Waals surface area contributed by atoms with Gasteiger partial charge in [-0.2, -0.15) is 0 Å². The highest BCUT2D eigenvalue weighted by molar-refractivity contribution is 6.00. The first kappa shape index (κ1) is 22.8. The second-order valence-electron chi connectivity index (χ2n) is 9.66. The van der Waals surface area contributed by atoms with Gasteiger partial charge < -0.3 is 29.2 Å². The van der Waals surface area contributed by atoms with E-state index >= 15 is 0 Å². The smallest absolute Gasteiger partial charge is 0.323 e. The lowest BCUT2D eigenvalue weighted by molar-refractivity contribution is 0.00165. The summed E-state index contributed by atoms with van der Waals surface area (Å²) < 4.78 is 11.8. The van der Waals surface area contributed by atoms with Gasteiger partial charge in [-0.05, 0) is 51.1 Å². The summed E-state index contributed by atoms with van der Waals surface area (Å²) in [7, 11) is 1.65. The molecule has 0 saturated carbocycles. The van der Waals surface area contributed by atoms with E-state index in [-0.39, 0.29) is 11.3 Å². The molecule has 4 aromatic rings. The summed E-state index contributed by atoms with van der Waals surface area (Å²) in [5.41, 5.74) is 3.57. The zero-order valence-corrected chi connectivity index (χ0v) is 20.5. The van der Waals surface area contributed by atoms with E-state index in [4.69, 9.17) is 9.47 Å². The van der Waals surface area contributed by atoms with Crippen LogP contribution in [-0.2, 0) is 4.74 Å². The lowest BCUT2D eigenvalue weighted by atomic mass is 10.0. The standard InChI is InChI=1S/C26H30N6O3/c1-16(35-26(2,3)4)31-9-11-32(12-10-31)24-22-20(27-15-28-24)13-17(14-21(22)34-5)18-7-6-8-19-23(18)30-25(33)29-19/h6-8,13-15H,1,9-12H2,2-5H3,(H2,29,30,33). The van der Waals surface area contributed by atoms with Crippen molar-refractivity contribution in [2.45, 2.75) is 26.4 Å². The van der Waals surface area contributed by atoms with E-state index in [1.807, 2.05) is 51.1 Å². The minimum atomic E-state index is -0.278. The van der Waals surface area contributed by atoms with Crippen LogP contribution in [0.4, 0.5) is 5.82 Å². The van der Waals surface area contributed by atoms with Crippen molar-refractivity contribution in [1.82, 2.24) is 24.8 Å². The molecular formula is C26H30N6O3. The van der Waals surface area contributed by atoms with Crippen LogP contribution in [0, 0.1) is 0 Å². The van der Waals surface area contributed by atoms with Gasteiger partial charge in [-0.15, -0.1) is 0 Å². The molecule has 1 aliphatic rings. The maximum atomic E-state index is 11.9. The number of hydrogen-bond donors (Lipinski definition) is 2. The van der Waals surface area contributed by atoms with E-state index < -0.39 is 0 Å². The Balaban J connectivity index is 1.49. The van der Waals surface area contributed by atoms with Crippen LogP contribution >= 0.6 is 0 Å². The van der Waals surface area contributed by atoms with Crippen molar-refractivity contribution >= 4 is 27.8 Å². The van der Waals surface area contributed by atoms with Gasteiger partial charge in [0.25, 0.3) is 0 Å². The molecule has 1 aliphatic heterocycles. The van der Waals surface area contributed by atoms with Crippen molar-refractivity contribution in [1.29, 1.82) is 0 Å². The summed E-state index contributed by atoms with van der Waals surface area (Å²) in [6, 6.07) is 9.75. The van der Waals surface area contributed by atoms with Crippen LogP contribution in [0.15, 0.2) is 53.9 Å². The van der Waals surface area contributed by atoms with Gasteiger partial charge in [-0.25, -0.2) is 14.8 Å². The molecule has 2 N–H and O–H groups in total. The van der Waals surface area contributed by atoms with Crippen molar-refractivity contribution in [3.63, 3.8) is 0 Å². The topological polar surface area (TPSA) is 99.4 Å². The third-order valence-electron chi connectivity index (χ3n) is 6.12. The van der Waals surface area contributed by atoms with Crippen molar-refractivity contribution < 1.29 is 9.47 Å². The molecule has 1 saturated heterocycles. The molecule has 9 heteroatoms. The number of rotatable bonds is 5. The van der Waals surface area contributed by atoms with Crippen LogP contribution in [-0.4, -0.2) is 63.7 Å². The molecule has 0 radical (unpaired) electrons. The van der Waals surface area contributed by atoms with E-state index in [0.29, 0.717) is 11.6 Å². The molecule has 2 aromatic carbocycles. The SMILES string of the molecule is C=C(OC(C)(C)C)N1CCN(c2ncnc3cc(-c4cccc5[nH]c(=O)[nH]c45)cc(OC)c23)CC1. The number of benzene rings is 2. The fraction of sp³-hybridized carbons (Fsp3) is 0.346. The van der Waals surface area contributed by atoms with Gasteiger partial charge in [0.15, 0.2) is 5.88 Å². The van der Waals surface area contributed by atoms with Crippen molar-refractivity contribution in [3.8, 4) is 16.9 Å². The number of piperazine rings is 1. The van der Waals surface area contributed by atoms with Crippen LogP contribution in [0.25, 0.3) is 33.1 Å². The Morgan fingerprint density at radius 1 is 1.09 bits per heavy atom. The number of methoxy groups -OCH3 is 1. The predicted molar refractivity (Wildman–Crippen MR) is 138 cm³/mol. The number of ether oxygens (including phenoxy) is 2. The second-order valence-corrected chi connectivity index (χ2v) is 9.66. The minimum Gasteiger partial charge on any atom is -0.496 e. The molecule has 0 unspecified atom stereocenters. The van der Waals surface area contributed by atoms with Crippen molar-refractivity contribution in [3.05, 3.63) is 59.6 Å². The van der Waals surface area contributed by atoms with Crippen LogP contribution in [0.3, 0.4) is 0 Å². The van der Waals surface area contributed by atoms with E-state index in [2.05, 4.69) is 36.3 Å². The molecular weight excluding hydrogens is 444 g/mol. The molecule has 2 aromatic heterocycles. The maximum absolute atomic E-state index is 11.9. The van der Waals surface area contributed by atoms with Crippen LogP contribution < -0.4 is 15.3 Å². The van der Waals surface area contributed by atoms with Crippen LogP contribution in [0.2, 0.25) is 0 Å². The van der Waals surface area contributed by atoms with Gasteiger partial charge in [-0.3, -0.25) is 0 Å². The fourth-order valence-corrected chi connectivity index (χ4v) is 4.58. The number of aromatic nitrogens is 4. The van der Waals surface area contributed by atoms with Crippen molar-refractivity contribution in [2.75, 3.05) is 38.2 Å². The molecule has 0 spiro atoms. The van der Waals surface area contributed by atoms with Crippen LogP contribution in [0.5, 0.6) is 5.75 Å². The highest BCUT2D eigenvalue weighted by atomic mass is 16.5. The normalized spacial score (nSPS) is 14.5. The van der Waals surface area contributed by atoms with E-state index in [0.717, 1.165) is 65.1 Å². The molecule has 0 amide bonds. The summed E-state index contributed by atoms with van der Waals surface area (Å²) in [4.78, 5) is 31.2. The molecule has 0 atom stereocenters. The number of nitrogens with one attached hydrogen (secondary N) is 2. The number of aromatic amines is 2. The Kier molecular flexibility index (Phi) is 5.62. The molecule has 35 heavy (non-hydrogen) atoms. The molecule has 0 aliphatic carbocycles. The second kappa shape index (κ2) is 8.65. The molecule has 1 fully saturated rings. The van der Waals surface area contributed by atoms with Crippen molar-refractivity contribution in [2.24, 2.45) is 0 Å². The highest BCUT2D eigenvalue weighted by Crippen LogP contribution is 2.38. The molecule has 5 rings (SSSR count). The molecule has 3 heterocycles. The highest BCUT2D eigenvalue weighted by Gasteiger charge is 2.25. The Labute approximate surface area is 203 Å². The Bertz CT molecular complexity index is 1460. The largest absolute Gasteiger partial charge is 0.496 e. The van der Waals surface area contributed by atoms with Crippen LogP contribution in [0.1, 0.15) is 20.8 Å². The Morgan fingerprint density at radius 3 is 2.57 bits per heavy atom. The average molecular weight is 475 g/mol. The average Bonchev–Trinajstić information content (AvgIpc) is 3.22. The Hall–Kier alpha value is -4.01. The summed E-state index contributed by atoms with van der Waals surface area (Å²) in [5, 5.41) is 0.867. The summed E-state index contributed by atoms with van der Waals surface area (Å²) in [5.74, 6) is 2.23. The lowest BCUT2D eigenvalue weighted by Gasteiger charge is -2.39. The van der Waals surface area contributed by atoms with Gasteiger partial charge in [0.2, 0.25) is 0 Å². The number of hydrogen-bond acceptors (Lipinski definition) is 7. The first-order valence-corrected chi connectivity index (χ1v) is 11.7. The minimum absolute atomic E-state index is 0.237. The Morgan fingerprint density at radius 2 is 1.86 bits per heavy atom. The summed E-state index contributed by atoms with van der Waals surface area (Å²) in [6.07, 6.45) is 1.59. The van der Waals surface area contributed by atoms with Gasteiger partial charge in [0.05, 0.1) is 29.0 Å². The number of fused-ring (bicyclic) bond motifs is 2. The monoisotopic (exact) mass is 474 g/mol. The third-order valence-corrected chi connectivity index (χ3v) is 6.12. The van der Waals surface area contributed by atoms with Gasteiger partial charge in [0, 0.05) is 31.7 Å². The number of nitrogens with zero attached hydrogens (tertiary/aromatic N) is 4. The number of imidazole rings is 1. The zero-order chi connectivity index (χ0) is 24.7. The van der Waals surface area contributed by atoms with Gasteiger partial charge in [-0.1, -0.05) is 12.1 Å².